The highest BCUT2D eigenvalue weighted by atomic mass is 32.2. The Bertz CT molecular complexity index is 1430. The molecule has 1 aromatic heterocycles. The van der Waals surface area contributed by atoms with E-state index in [-0.39, 0.29) is 18.0 Å². The summed E-state index contributed by atoms with van der Waals surface area (Å²) >= 11 is 1.25. The van der Waals surface area contributed by atoms with Crippen molar-refractivity contribution in [2.45, 2.75) is 25.0 Å². The second-order valence-corrected chi connectivity index (χ2v) is 9.07. The quantitative estimate of drug-likeness (QED) is 0.203. The Labute approximate surface area is 208 Å². The topological polar surface area (TPSA) is 142 Å². The standard InChI is InChI=1S/C24H18N4O7S/c1-13(29)35-21(18-10-25-16-4-2-3-5-17(16)26-18)20-22(30)27-19(12-36-23(20)27)24(31)34-11-14-6-8-15(9-7-14)28(32)33/h2-10,12,20-21,23H,11H2,1H3. The lowest BCUT2D eigenvalue weighted by molar-refractivity contribution is -0.384. The van der Waals surface area contributed by atoms with Gasteiger partial charge in [0.25, 0.3) is 5.69 Å². The molecular formula is C24H18N4O7S. The molecule has 1 amide bonds. The van der Waals surface area contributed by atoms with Gasteiger partial charge in [0.2, 0.25) is 5.91 Å². The highest BCUT2D eigenvalue weighted by Gasteiger charge is 2.58. The van der Waals surface area contributed by atoms with E-state index in [0.29, 0.717) is 22.3 Å². The molecule has 2 aromatic carbocycles. The van der Waals surface area contributed by atoms with Crippen LogP contribution in [0.25, 0.3) is 11.0 Å². The van der Waals surface area contributed by atoms with E-state index in [1.54, 1.807) is 12.1 Å². The van der Waals surface area contributed by atoms with Gasteiger partial charge in [-0.05, 0) is 29.8 Å². The van der Waals surface area contributed by atoms with Gasteiger partial charge in [-0.15, -0.1) is 11.8 Å². The van der Waals surface area contributed by atoms with E-state index < -0.39 is 40.2 Å². The zero-order chi connectivity index (χ0) is 25.4. The van der Waals surface area contributed by atoms with Crippen LogP contribution >= 0.6 is 11.8 Å². The molecule has 0 bridgehead atoms. The van der Waals surface area contributed by atoms with Crippen LogP contribution in [0, 0.1) is 16.0 Å². The minimum Gasteiger partial charge on any atom is -0.456 e. The Kier molecular flexibility index (Phi) is 6.10. The van der Waals surface area contributed by atoms with Gasteiger partial charge in [-0.1, -0.05) is 12.1 Å². The summed E-state index contributed by atoms with van der Waals surface area (Å²) in [6.07, 6.45) is 0.517. The van der Waals surface area contributed by atoms with Crippen molar-refractivity contribution in [2.75, 3.05) is 0 Å². The van der Waals surface area contributed by atoms with E-state index in [0.717, 1.165) is 0 Å². The molecule has 1 saturated heterocycles. The zero-order valence-corrected chi connectivity index (χ0v) is 19.6. The third-order valence-corrected chi connectivity index (χ3v) is 6.91. The van der Waals surface area contributed by atoms with E-state index in [1.807, 2.05) is 12.1 Å². The molecule has 11 nitrogen and oxygen atoms in total. The lowest BCUT2D eigenvalue weighted by Crippen LogP contribution is -2.59. The summed E-state index contributed by atoms with van der Waals surface area (Å²) in [5.74, 6) is -2.43. The molecule has 3 heterocycles. The van der Waals surface area contributed by atoms with Crippen LogP contribution in [-0.4, -0.2) is 43.0 Å². The number of para-hydroxylation sites is 2. The maximum atomic E-state index is 13.2. The Morgan fingerprint density at radius 3 is 2.58 bits per heavy atom. The maximum absolute atomic E-state index is 13.2. The first-order chi connectivity index (χ1) is 17.3. The van der Waals surface area contributed by atoms with Gasteiger partial charge in [-0.25, -0.2) is 9.78 Å². The third-order valence-electron chi connectivity index (χ3n) is 5.77. The highest BCUT2D eigenvalue weighted by molar-refractivity contribution is 8.03. The minimum absolute atomic E-state index is 0.0709. The number of carbonyl (C=O) groups is 3. The minimum atomic E-state index is -0.968. The fourth-order valence-corrected chi connectivity index (χ4v) is 5.29. The summed E-state index contributed by atoms with van der Waals surface area (Å²) in [7, 11) is 0. The molecule has 1 fully saturated rings. The average molecular weight is 506 g/mol. The number of benzene rings is 2. The van der Waals surface area contributed by atoms with E-state index in [9.17, 15) is 24.5 Å². The largest absolute Gasteiger partial charge is 0.456 e. The molecule has 36 heavy (non-hydrogen) atoms. The van der Waals surface area contributed by atoms with E-state index in [1.165, 1.54) is 59.5 Å². The molecule has 3 aromatic rings. The van der Waals surface area contributed by atoms with Gasteiger partial charge in [-0.2, -0.15) is 0 Å². The SMILES string of the molecule is CC(=O)OC(c1cnc2ccccc2n1)C1C(=O)N2C(C(=O)OCc3ccc([N+](=O)[O-])cc3)=CSC12. The highest BCUT2D eigenvalue weighted by Crippen LogP contribution is 2.50. The van der Waals surface area contributed by atoms with Crippen LogP contribution in [-0.2, 0) is 30.5 Å². The van der Waals surface area contributed by atoms with Gasteiger partial charge < -0.3 is 9.47 Å². The van der Waals surface area contributed by atoms with Crippen molar-refractivity contribution in [2.24, 2.45) is 5.92 Å². The molecule has 0 saturated carbocycles. The molecule has 5 rings (SSSR count). The normalized spacial score (nSPS) is 19.2. The first-order valence-electron chi connectivity index (χ1n) is 10.8. The molecule has 0 N–H and O–H groups in total. The van der Waals surface area contributed by atoms with Gasteiger partial charge >= 0.3 is 11.9 Å². The lowest BCUT2D eigenvalue weighted by Gasteiger charge is -2.45. The molecule has 0 radical (unpaired) electrons. The number of aromatic nitrogens is 2. The van der Waals surface area contributed by atoms with Gasteiger partial charge in [-0.3, -0.25) is 29.6 Å². The van der Waals surface area contributed by atoms with E-state index in [2.05, 4.69) is 9.97 Å². The van der Waals surface area contributed by atoms with Crippen LogP contribution < -0.4 is 0 Å². The van der Waals surface area contributed by atoms with Crippen molar-refractivity contribution in [1.29, 1.82) is 0 Å². The fraction of sp³-hybridized carbons (Fsp3) is 0.208. The Hall–Kier alpha value is -4.32. The molecule has 0 aliphatic carbocycles. The number of fused-ring (bicyclic) bond motifs is 2. The maximum Gasteiger partial charge on any atom is 0.355 e. The third kappa shape index (κ3) is 4.26. The number of esters is 2. The number of nitro benzene ring substituents is 1. The molecule has 2 aliphatic heterocycles. The van der Waals surface area contributed by atoms with E-state index in [4.69, 9.17) is 9.47 Å². The average Bonchev–Trinajstić information content (AvgIpc) is 3.26. The van der Waals surface area contributed by atoms with Gasteiger partial charge in [0.15, 0.2) is 6.10 Å². The van der Waals surface area contributed by atoms with Gasteiger partial charge in [0, 0.05) is 24.5 Å². The summed E-state index contributed by atoms with van der Waals surface area (Å²) < 4.78 is 10.8. The first-order valence-corrected chi connectivity index (χ1v) is 11.8. The van der Waals surface area contributed by atoms with Crippen molar-refractivity contribution in [3.63, 3.8) is 0 Å². The van der Waals surface area contributed by atoms with Crippen LogP contribution in [0.1, 0.15) is 24.3 Å². The summed E-state index contributed by atoms with van der Waals surface area (Å²) in [6, 6.07) is 12.8. The number of ether oxygens (including phenoxy) is 2. The number of hydrogen-bond acceptors (Lipinski definition) is 10. The van der Waals surface area contributed by atoms with Crippen molar-refractivity contribution in [3.05, 3.63) is 87.2 Å². The summed E-state index contributed by atoms with van der Waals surface area (Å²) in [4.78, 5) is 58.2. The van der Waals surface area contributed by atoms with Gasteiger partial charge in [0.1, 0.15) is 29.3 Å². The molecule has 182 valence electrons. The Morgan fingerprint density at radius 1 is 1.17 bits per heavy atom. The molecule has 3 unspecified atom stereocenters. The van der Waals surface area contributed by atoms with Crippen LogP contribution in [0.4, 0.5) is 5.69 Å². The van der Waals surface area contributed by atoms with Gasteiger partial charge in [0.05, 0.1) is 22.2 Å². The predicted octanol–water partition coefficient (Wildman–Crippen LogP) is 3.26. The summed E-state index contributed by atoms with van der Waals surface area (Å²) in [5.41, 5.74) is 2.19. The second kappa shape index (κ2) is 9.38. The van der Waals surface area contributed by atoms with Crippen molar-refractivity contribution >= 4 is 46.3 Å². The second-order valence-electron chi connectivity index (χ2n) is 8.08. The molecule has 12 heteroatoms. The number of nitrogens with zero attached hydrogens (tertiary/aromatic N) is 4. The van der Waals surface area contributed by atoms with Crippen LogP contribution in [0.2, 0.25) is 0 Å². The van der Waals surface area contributed by atoms with Crippen molar-refractivity contribution in [1.82, 2.24) is 14.9 Å². The Morgan fingerprint density at radius 2 is 1.89 bits per heavy atom. The van der Waals surface area contributed by atoms with Crippen LogP contribution in [0.15, 0.2) is 65.8 Å². The fourth-order valence-electron chi connectivity index (χ4n) is 4.05. The van der Waals surface area contributed by atoms with Crippen molar-refractivity contribution in [3.8, 4) is 0 Å². The molecule has 0 spiro atoms. The number of carbonyl (C=O) groups excluding carboxylic acids is 3. The summed E-state index contributed by atoms with van der Waals surface area (Å²) in [6.45, 7) is 1.14. The number of nitro groups is 1. The molecule has 2 aliphatic rings. The zero-order valence-electron chi connectivity index (χ0n) is 18.8. The predicted molar refractivity (Wildman–Crippen MR) is 127 cm³/mol. The monoisotopic (exact) mass is 506 g/mol. The van der Waals surface area contributed by atoms with Crippen LogP contribution in [0.3, 0.4) is 0 Å². The summed E-state index contributed by atoms with van der Waals surface area (Å²) in [5, 5.41) is 11.8. The molecule has 3 atom stereocenters. The van der Waals surface area contributed by atoms with Crippen LogP contribution in [0.5, 0.6) is 0 Å². The smallest absolute Gasteiger partial charge is 0.355 e. The van der Waals surface area contributed by atoms with E-state index >= 15 is 0 Å². The number of amides is 1. The Balaban J connectivity index is 1.29. The number of rotatable bonds is 7. The first kappa shape index (κ1) is 23.4. The number of thioether (sulfide) groups is 1. The lowest BCUT2D eigenvalue weighted by atomic mass is 9.89. The molecular weight excluding hydrogens is 488 g/mol. The number of hydrogen-bond donors (Lipinski definition) is 0. The number of β-lactam (4-membered cyclic amide) rings is 1. The number of non-ortho nitro benzene ring substituents is 1. The van der Waals surface area contributed by atoms with Crippen molar-refractivity contribution < 1.29 is 28.8 Å².